The fourth-order valence-corrected chi connectivity index (χ4v) is 5.60. The van der Waals surface area contributed by atoms with Crippen LogP contribution in [0.4, 0.5) is 9.59 Å². The average Bonchev–Trinajstić information content (AvgIpc) is 3.11. The van der Waals surface area contributed by atoms with Gasteiger partial charge >= 0.3 is 115 Å². The molecule has 3 aliphatic rings. The number of nitrogens with one attached hydrogen (secondary N) is 2. The molecule has 18 heteroatoms. The minimum Gasteiger partial charge on any atom is -1.00 e. The van der Waals surface area contributed by atoms with Gasteiger partial charge in [0.25, 0.3) is 6.47 Å². The number of carbonyl (C=O) groups excluding carboxylic acids is 3. The van der Waals surface area contributed by atoms with E-state index in [0.717, 1.165) is 82.0 Å². The molecule has 0 radical (unpaired) electrons. The number of rotatable bonds is 9. The normalized spacial score (nSPS) is 15.5. The first-order valence-corrected chi connectivity index (χ1v) is 22.1. The van der Waals surface area contributed by atoms with Crippen molar-refractivity contribution in [3.05, 3.63) is 0 Å². The van der Waals surface area contributed by atoms with Crippen LogP contribution < -0.4 is 119 Å². The van der Waals surface area contributed by atoms with Crippen LogP contribution in [0.1, 0.15) is 111 Å². The van der Waals surface area contributed by atoms with Crippen molar-refractivity contribution >= 4 is 57.8 Å². The van der Waals surface area contributed by atoms with Gasteiger partial charge in [-0.1, -0.05) is 64.9 Å². The van der Waals surface area contributed by atoms with Crippen molar-refractivity contribution in [2.24, 2.45) is 17.8 Å². The fourth-order valence-electron chi connectivity index (χ4n) is 4.69. The van der Waals surface area contributed by atoms with Gasteiger partial charge in [-0.3, -0.25) is 9.69 Å². The molecule has 0 aromatic rings. The zero-order valence-electron chi connectivity index (χ0n) is 39.5. The molecule has 0 aromatic carbocycles. The third-order valence-corrected chi connectivity index (χ3v) is 8.23. The maximum atomic E-state index is 11.9. The molecule has 3 fully saturated rings. The van der Waals surface area contributed by atoms with Crippen LogP contribution in [0, 0.1) is 17.8 Å². The quantitative estimate of drug-likeness (QED) is 0.114. The van der Waals surface area contributed by atoms with Gasteiger partial charge in [-0.15, -0.1) is 23.2 Å². The summed E-state index contributed by atoms with van der Waals surface area (Å²) >= 11 is 12.9. The van der Waals surface area contributed by atoms with E-state index in [4.69, 9.17) is 42.7 Å². The van der Waals surface area contributed by atoms with Crippen LogP contribution in [-0.4, -0.2) is 152 Å². The number of nitrogens with zero attached hydrogens (tertiary/aromatic N) is 4. The number of alkyl halides is 3. The SMILES string of the molecule is C.CC(C)(C)OC(=O)N1CCNCC1.CC(C)CCBr.CC(C)CCN1CCN(C(=O)OC(C)(C)C)CC1.CC(C)CCN1CCNCC1.ClCCl.O=CO[O-].[H-].[K+].[K+]. The molecular weight excluding hydrogens is 905 g/mol. The van der Waals surface area contributed by atoms with Crippen LogP contribution >= 0.6 is 39.1 Å². The van der Waals surface area contributed by atoms with E-state index < -0.39 is 5.60 Å². The third kappa shape index (κ3) is 52.5. The van der Waals surface area contributed by atoms with Crippen LogP contribution in [-0.2, 0) is 19.2 Å². The predicted octanol–water partition coefficient (Wildman–Crippen LogP) is 1.39. The Bertz CT molecular complexity index is 928. The van der Waals surface area contributed by atoms with Gasteiger partial charge in [-0.25, -0.2) is 9.59 Å². The summed E-state index contributed by atoms with van der Waals surface area (Å²) in [6.45, 7) is 38.7. The summed E-state index contributed by atoms with van der Waals surface area (Å²) < 4.78 is 10.6. The number of ether oxygens (including phenoxy) is 2. The number of hydrogen-bond donors (Lipinski definition) is 2. The van der Waals surface area contributed by atoms with Crippen molar-refractivity contribution in [3.63, 3.8) is 0 Å². The zero-order chi connectivity index (χ0) is 42.9. The molecule has 3 aliphatic heterocycles. The van der Waals surface area contributed by atoms with E-state index >= 15 is 0 Å². The van der Waals surface area contributed by atoms with Gasteiger partial charge < -0.3 is 46.4 Å². The summed E-state index contributed by atoms with van der Waals surface area (Å²) in [6.07, 6.45) is 3.49. The summed E-state index contributed by atoms with van der Waals surface area (Å²) in [5.41, 5.74) is -0.784. The summed E-state index contributed by atoms with van der Waals surface area (Å²) in [7, 11) is 0. The van der Waals surface area contributed by atoms with Crippen molar-refractivity contribution in [2.45, 2.75) is 121 Å². The summed E-state index contributed by atoms with van der Waals surface area (Å²) in [5.74, 6) is 2.45. The maximum Gasteiger partial charge on any atom is 1.00 e. The van der Waals surface area contributed by atoms with Crippen molar-refractivity contribution in [1.82, 2.24) is 30.2 Å². The second kappa shape index (κ2) is 45.7. The molecule has 0 aromatic heterocycles. The molecule has 13 nitrogen and oxygen atoms in total. The first kappa shape index (κ1) is 71.8. The van der Waals surface area contributed by atoms with E-state index in [-0.39, 0.29) is 141 Å². The van der Waals surface area contributed by atoms with Crippen LogP contribution in [0.5, 0.6) is 0 Å². The van der Waals surface area contributed by atoms with Crippen LogP contribution in [0.2, 0.25) is 0 Å². The minimum atomic E-state index is -0.397. The monoisotopic (exact) mass is 988 g/mol. The van der Waals surface area contributed by atoms with Crippen molar-refractivity contribution in [3.8, 4) is 0 Å². The Balaban J connectivity index is -0.000000118. The Kier molecular flexibility index (Phi) is 56.5. The summed E-state index contributed by atoms with van der Waals surface area (Å²) in [5, 5.41) is 16.3. The van der Waals surface area contributed by atoms with E-state index in [2.05, 4.69) is 82.8 Å². The van der Waals surface area contributed by atoms with Gasteiger partial charge in [0, 0.05) is 83.9 Å². The first-order valence-electron chi connectivity index (χ1n) is 19.9. The molecule has 0 aliphatic carbocycles. The van der Waals surface area contributed by atoms with Crippen molar-refractivity contribution in [2.75, 3.05) is 102 Å². The Morgan fingerprint density at radius 1 is 0.672 bits per heavy atom. The fraction of sp³-hybridized carbons (Fsp3) is 0.925. The maximum absolute atomic E-state index is 11.9. The summed E-state index contributed by atoms with van der Waals surface area (Å²) in [6, 6.07) is 0. The smallest absolute Gasteiger partial charge is 1.00 e. The van der Waals surface area contributed by atoms with Crippen LogP contribution in [0.3, 0.4) is 0 Å². The average molecular weight is 991 g/mol. The zero-order valence-corrected chi connectivity index (χ0v) is 47.9. The van der Waals surface area contributed by atoms with Crippen molar-refractivity contribution in [1.29, 1.82) is 0 Å². The van der Waals surface area contributed by atoms with E-state index in [1.165, 1.54) is 52.0 Å². The molecule has 3 heterocycles. The van der Waals surface area contributed by atoms with E-state index in [0.29, 0.717) is 0 Å². The van der Waals surface area contributed by atoms with Gasteiger partial charge in [0.05, 0.1) is 5.34 Å². The van der Waals surface area contributed by atoms with E-state index in [1.54, 1.807) is 4.90 Å². The van der Waals surface area contributed by atoms with E-state index in [9.17, 15) is 9.59 Å². The summed E-state index contributed by atoms with van der Waals surface area (Å²) in [4.78, 5) is 43.1. The molecule has 0 atom stereocenters. The molecule has 340 valence electrons. The predicted molar refractivity (Wildman–Crippen MR) is 238 cm³/mol. The molecule has 2 N–H and O–H groups in total. The number of piperazine rings is 3. The molecule has 0 spiro atoms. The number of carbonyl (C=O) groups is 3. The third-order valence-electron chi connectivity index (χ3n) is 7.77. The largest absolute Gasteiger partial charge is 1.00 e. The molecule has 0 bridgehead atoms. The van der Waals surface area contributed by atoms with Gasteiger partial charge in [0.2, 0.25) is 0 Å². The standard InChI is InChI=1S/C14H28N2O2.C9H18N2O2.C9H20N2.C5H11Br.CH2Cl2.CH2O3.CH4.2K.H/c1-12(2)6-7-15-8-10-16(11-9-15)13(17)18-14(3,4)5;1-9(2,3)13-8(12)11-6-4-10-5-7-11;1-9(2)3-6-11-7-4-10-5-8-11;1-5(2)3-4-6;2-1-3;2-1-4-3;;;;/h12H,6-11H2,1-5H3;10H,4-7H2,1-3H3;9-10H,3-8H2,1-2H3;5H,3-4H2,1-2H3;1H2;1,3H;1H4;;;/q;;;;;;;2*+1;-1/p-1. The number of hydrogen-bond acceptors (Lipinski definition) is 11. The Hall–Kier alpha value is 2.14. The van der Waals surface area contributed by atoms with Gasteiger partial charge in [0.1, 0.15) is 11.2 Å². The molecule has 3 rings (SSSR count). The molecule has 3 saturated heterocycles. The van der Waals surface area contributed by atoms with Crippen LogP contribution in [0.25, 0.3) is 0 Å². The van der Waals surface area contributed by atoms with E-state index in [1.807, 2.05) is 46.4 Å². The van der Waals surface area contributed by atoms with Gasteiger partial charge in [-0.2, -0.15) is 0 Å². The Labute approximate surface area is 460 Å². The Morgan fingerprint density at radius 3 is 1.22 bits per heavy atom. The van der Waals surface area contributed by atoms with Crippen molar-refractivity contribution < 1.29 is 138 Å². The second-order valence-electron chi connectivity index (χ2n) is 16.6. The topological polar surface area (TPSA) is 139 Å². The molecule has 0 saturated carbocycles. The second-order valence-corrected chi connectivity index (χ2v) is 18.2. The number of amides is 2. The van der Waals surface area contributed by atoms with Crippen LogP contribution in [0.15, 0.2) is 0 Å². The minimum absolute atomic E-state index is 0. The Morgan fingerprint density at radius 2 is 0.966 bits per heavy atom. The first-order chi connectivity index (χ1) is 25.7. The molecule has 58 heavy (non-hydrogen) atoms. The molecular formula is C40H85BrCl2K2N6O7. The van der Waals surface area contributed by atoms with Gasteiger partial charge in [0.15, 0.2) is 0 Å². The molecule has 0 unspecified atom stereocenters. The number of halogens is 3. The molecule has 2 amide bonds. The van der Waals surface area contributed by atoms with Gasteiger partial charge in [-0.05, 0) is 91.6 Å².